The van der Waals surface area contributed by atoms with Crippen LogP contribution in [0.25, 0.3) is 0 Å². The molecule has 2 unspecified atom stereocenters. The molecule has 3 heteroatoms. The average Bonchev–Trinajstić information content (AvgIpc) is 2.88. The Labute approximate surface area is 150 Å². The van der Waals surface area contributed by atoms with Gasteiger partial charge in [0.2, 0.25) is 0 Å². The van der Waals surface area contributed by atoms with Gasteiger partial charge in [0.1, 0.15) is 5.75 Å². The molecule has 2 atom stereocenters. The molecule has 0 saturated carbocycles. The predicted molar refractivity (Wildman–Crippen MR) is 101 cm³/mol. The highest BCUT2D eigenvalue weighted by atomic mass is 16.3. The van der Waals surface area contributed by atoms with Gasteiger partial charge in [0.05, 0.1) is 6.04 Å². The fourth-order valence-corrected chi connectivity index (χ4v) is 3.76. The van der Waals surface area contributed by atoms with Crippen LogP contribution in [-0.2, 0) is 6.42 Å². The van der Waals surface area contributed by atoms with E-state index >= 15 is 0 Å². The maximum Gasteiger partial charge on any atom is 0.179 e. The van der Waals surface area contributed by atoms with Gasteiger partial charge in [0.15, 0.2) is 5.78 Å². The number of carbonyl (C=O) groups is 1. The summed E-state index contributed by atoms with van der Waals surface area (Å²) in [5, 5.41) is 9.39. The van der Waals surface area contributed by atoms with Crippen molar-refractivity contribution in [3.8, 4) is 5.75 Å². The predicted octanol–water partition coefficient (Wildman–Crippen LogP) is 4.31. The van der Waals surface area contributed by atoms with Gasteiger partial charge in [0.25, 0.3) is 0 Å². The number of carbonyl (C=O) groups excluding carboxylic acids is 1. The molecule has 2 aromatic rings. The van der Waals surface area contributed by atoms with Crippen LogP contribution >= 0.6 is 0 Å². The number of Topliss-reactive ketones (excluding diaryl/α,β-unsaturated/α-hetero) is 1. The molecule has 1 fully saturated rings. The topological polar surface area (TPSA) is 40.5 Å². The van der Waals surface area contributed by atoms with E-state index in [1.807, 2.05) is 6.92 Å². The molecule has 3 rings (SSSR count). The molecule has 0 amide bonds. The lowest BCUT2D eigenvalue weighted by atomic mass is 9.93. The van der Waals surface area contributed by atoms with E-state index in [0.717, 1.165) is 32.4 Å². The van der Waals surface area contributed by atoms with Crippen LogP contribution in [0, 0.1) is 5.92 Å². The fraction of sp³-hybridized carbons (Fsp3) is 0.409. The van der Waals surface area contributed by atoms with Gasteiger partial charge in [-0.1, -0.05) is 30.3 Å². The third-order valence-corrected chi connectivity index (χ3v) is 5.33. The highest BCUT2D eigenvalue weighted by Gasteiger charge is 2.25. The number of likely N-dealkylation sites (tertiary alicyclic amines) is 1. The number of hydrogen-bond acceptors (Lipinski definition) is 3. The van der Waals surface area contributed by atoms with Gasteiger partial charge in [-0.25, -0.2) is 0 Å². The number of rotatable bonds is 5. The molecule has 0 radical (unpaired) electrons. The number of benzene rings is 2. The molecule has 1 aliphatic heterocycles. The van der Waals surface area contributed by atoms with Crippen LogP contribution in [0.15, 0.2) is 54.6 Å². The SMILES string of the molecule is CC(C(=O)c1ccc(O)cc1)N1CCCC(Cc2ccccc2)CC1. The molecular weight excluding hydrogens is 310 g/mol. The van der Waals surface area contributed by atoms with E-state index in [2.05, 4.69) is 35.2 Å². The number of phenolic OH excluding ortho intramolecular Hbond substituents is 1. The molecule has 2 aromatic carbocycles. The van der Waals surface area contributed by atoms with Gasteiger partial charge in [-0.05, 0) is 81.4 Å². The molecule has 1 N–H and O–H groups in total. The van der Waals surface area contributed by atoms with Gasteiger partial charge >= 0.3 is 0 Å². The molecule has 0 aromatic heterocycles. The Balaban J connectivity index is 1.58. The first kappa shape index (κ1) is 17.7. The summed E-state index contributed by atoms with van der Waals surface area (Å²) >= 11 is 0. The molecule has 25 heavy (non-hydrogen) atoms. The van der Waals surface area contributed by atoms with E-state index in [4.69, 9.17) is 0 Å². The van der Waals surface area contributed by atoms with Gasteiger partial charge in [-0.3, -0.25) is 9.69 Å². The fourth-order valence-electron chi connectivity index (χ4n) is 3.76. The van der Waals surface area contributed by atoms with Crippen LogP contribution in [-0.4, -0.2) is 34.9 Å². The normalized spacial score (nSPS) is 20.0. The van der Waals surface area contributed by atoms with Crippen molar-refractivity contribution in [2.75, 3.05) is 13.1 Å². The maximum atomic E-state index is 12.7. The first-order valence-corrected chi connectivity index (χ1v) is 9.24. The lowest BCUT2D eigenvalue weighted by Gasteiger charge is -2.26. The Morgan fingerprint density at radius 1 is 1.08 bits per heavy atom. The first-order chi connectivity index (χ1) is 12.1. The zero-order valence-electron chi connectivity index (χ0n) is 14.9. The van der Waals surface area contributed by atoms with Crippen LogP contribution in [0.3, 0.4) is 0 Å². The van der Waals surface area contributed by atoms with Gasteiger partial charge in [-0.15, -0.1) is 0 Å². The molecule has 1 saturated heterocycles. The molecule has 1 aliphatic rings. The van der Waals surface area contributed by atoms with E-state index in [1.54, 1.807) is 24.3 Å². The minimum Gasteiger partial charge on any atom is -0.508 e. The van der Waals surface area contributed by atoms with Crippen molar-refractivity contribution in [1.82, 2.24) is 4.90 Å². The standard InChI is InChI=1S/C22H27NO2/c1-17(22(25)20-9-11-21(24)12-10-20)23-14-5-8-19(13-15-23)16-18-6-3-2-4-7-18/h2-4,6-7,9-12,17,19,24H,5,8,13-16H2,1H3. The van der Waals surface area contributed by atoms with Crippen LogP contribution < -0.4 is 0 Å². The quantitative estimate of drug-likeness (QED) is 0.827. The number of aromatic hydroxyl groups is 1. The molecule has 3 nitrogen and oxygen atoms in total. The Kier molecular flexibility index (Phi) is 5.87. The minimum atomic E-state index is -0.111. The van der Waals surface area contributed by atoms with E-state index < -0.39 is 0 Å². The smallest absolute Gasteiger partial charge is 0.179 e. The van der Waals surface area contributed by atoms with Crippen molar-refractivity contribution in [2.24, 2.45) is 5.92 Å². The summed E-state index contributed by atoms with van der Waals surface area (Å²) in [6.45, 7) is 3.96. The highest BCUT2D eigenvalue weighted by Crippen LogP contribution is 2.24. The van der Waals surface area contributed by atoms with Gasteiger partial charge in [-0.2, -0.15) is 0 Å². The highest BCUT2D eigenvalue weighted by molar-refractivity contribution is 5.99. The Hall–Kier alpha value is -2.13. The van der Waals surface area contributed by atoms with Crippen LogP contribution in [0.5, 0.6) is 5.75 Å². The molecule has 0 spiro atoms. The van der Waals surface area contributed by atoms with Crippen molar-refractivity contribution in [3.05, 3.63) is 65.7 Å². The summed E-state index contributed by atoms with van der Waals surface area (Å²) in [6, 6.07) is 17.2. The Morgan fingerprint density at radius 3 is 2.52 bits per heavy atom. The summed E-state index contributed by atoms with van der Waals surface area (Å²) in [4.78, 5) is 15.0. The summed E-state index contributed by atoms with van der Waals surface area (Å²) < 4.78 is 0. The molecular formula is C22H27NO2. The molecule has 0 bridgehead atoms. The third-order valence-electron chi connectivity index (χ3n) is 5.33. The molecule has 132 valence electrons. The van der Waals surface area contributed by atoms with Crippen LogP contribution in [0.1, 0.15) is 42.1 Å². The monoisotopic (exact) mass is 337 g/mol. The minimum absolute atomic E-state index is 0.111. The van der Waals surface area contributed by atoms with Crippen LogP contribution in [0.4, 0.5) is 0 Å². The lowest BCUT2D eigenvalue weighted by Crippen LogP contribution is -2.39. The first-order valence-electron chi connectivity index (χ1n) is 9.24. The summed E-state index contributed by atoms with van der Waals surface area (Å²) in [5.74, 6) is 1.03. The maximum absolute atomic E-state index is 12.7. The van der Waals surface area contributed by atoms with E-state index in [0.29, 0.717) is 11.5 Å². The second-order valence-electron chi connectivity index (χ2n) is 7.11. The summed E-state index contributed by atoms with van der Waals surface area (Å²) in [7, 11) is 0. The zero-order chi connectivity index (χ0) is 17.6. The summed E-state index contributed by atoms with van der Waals surface area (Å²) in [6.07, 6.45) is 4.65. The summed E-state index contributed by atoms with van der Waals surface area (Å²) in [5.41, 5.74) is 2.09. The van der Waals surface area contributed by atoms with Crippen molar-refractivity contribution in [1.29, 1.82) is 0 Å². The van der Waals surface area contributed by atoms with Crippen molar-refractivity contribution in [3.63, 3.8) is 0 Å². The zero-order valence-corrected chi connectivity index (χ0v) is 14.9. The van der Waals surface area contributed by atoms with Crippen molar-refractivity contribution >= 4 is 5.78 Å². The number of phenols is 1. The van der Waals surface area contributed by atoms with Crippen molar-refractivity contribution in [2.45, 2.75) is 38.6 Å². The Morgan fingerprint density at radius 2 is 1.80 bits per heavy atom. The number of nitrogens with zero attached hydrogens (tertiary/aromatic N) is 1. The third kappa shape index (κ3) is 4.70. The van der Waals surface area contributed by atoms with Gasteiger partial charge in [0, 0.05) is 5.56 Å². The van der Waals surface area contributed by atoms with Crippen LogP contribution in [0.2, 0.25) is 0 Å². The largest absolute Gasteiger partial charge is 0.508 e. The molecule has 0 aliphatic carbocycles. The average molecular weight is 337 g/mol. The lowest BCUT2D eigenvalue weighted by molar-refractivity contribution is 0.0841. The molecule has 1 heterocycles. The Bertz CT molecular complexity index is 681. The van der Waals surface area contributed by atoms with Crippen molar-refractivity contribution < 1.29 is 9.90 Å². The van der Waals surface area contributed by atoms with E-state index in [1.165, 1.54) is 12.0 Å². The number of hydrogen-bond donors (Lipinski definition) is 1. The van der Waals surface area contributed by atoms with E-state index in [9.17, 15) is 9.90 Å². The number of ketones is 1. The second-order valence-corrected chi connectivity index (χ2v) is 7.11. The second kappa shape index (κ2) is 8.30. The van der Waals surface area contributed by atoms with Gasteiger partial charge < -0.3 is 5.11 Å². The van der Waals surface area contributed by atoms with E-state index in [-0.39, 0.29) is 17.6 Å².